The Morgan fingerprint density at radius 2 is 2.05 bits per heavy atom. The lowest BCUT2D eigenvalue weighted by molar-refractivity contribution is -0.219. The molecule has 20 heavy (non-hydrogen) atoms. The van der Waals surface area contributed by atoms with Crippen LogP contribution in [0.5, 0.6) is 0 Å². The summed E-state index contributed by atoms with van der Waals surface area (Å²) < 4.78 is 8.53. The van der Waals surface area contributed by atoms with E-state index in [0.29, 0.717) is 6.42 Å². The number of esters is 1. The molecule has 4 unspecified atom stereocenters. The second-order valence-electron chi connectivity index (χ2n) is 4.60. The number of carbonyl (C=O) groups is 1. The molecule has 4 atom stereocenters. The molecule has 7 heteroatoms. The van der Waals surface area contributed by atoms with E-state index in [4.69, 9.17) is 49.4 Å². The zero-order valence-corrected chi connectivity index (χ0v) is 13.4. The van der Waals surface area contributed by atoms with Gasteiger partial charge in [-0.15, -0.1) is 0 Å². The van der Waals surface area contributed by atoms with E-state index >= 15 is 0 Å². The molecule has 1 aliphatic heterocycles. The number of alkyl halides is 3. The van der Waals surface area contributed by atoms with Crippen molar-refractivity contribution in [3.8, 4) is 0 Å². The first-order chi connectivity index (χ1) is 9.21. The van der Waals surface area contributed by atoms with Gasteiger partial charge in [0.15, 0.2) is 0 Å². The van der Waals surface area contributed by atoms with Crippen molar-refractivity contribution in [3.05, 3.63) is 24.3 Å². The van der Waals surface area contributed by atoms with Gasteiger partial charge in [0.05, 0.1) is 18.1 Å². The van der Waals surface area contributed by atoms with Crippen LogP contribution in [0.4, 0.5) is 0 Å². The van der Waals surface area contributed by atoms with Gasteiger partial charge in [0, 0.05) is 0 Å². The average molecular weight is 344 g/mol. The maximum absolute atomic E-state index is 11.7. The lowest BCUT2D eigenvalue weighted by atomic mass is 10.0. The fourth-order valence-electron chi connectivity index (χ4n) is 1.52. The molecule has 0 spiro atoms. The van der Waals surface area contributed by atoms with Gasteiger partial charge in [-0.25, -0.2) is 0 Å². The summed E-state index contributed by atoms with van der Waals surface area (Å²) in [4.78, 5) is 11.7. The van der Waals surface area contributed by atoms with Crippen LogP contribution < -0.4 is 0 Å². The molecule has 1 saturated heterocycles. The van der Waals surface area contributed by atoms with E-state index in [0.717, 1.165) is 0 Å². The van der Waals surface area contributed by atoms with Crippen LogP contribution in [-0.4, -0.2) is 33.4 Å². The Morgan fingerprint density at radius 1 is 1.40 bits per heavy atom. The van der Waals surface area contributed by atoms with E-state index in [1.807, 2.05) is 0 Å². The molecule has 1 aliphatic rings. The summed E-state index contributed by atoms with van der Waals surface area (Å²) in [5, 5.41) is 9.10. The molecular formula is C13H17Cl3O4. The number of hydrogen-bond donors (Lipinski definition) is 1. The molecule has 0 aliphatic carbocycles. The maximum Gasteiger partial charge on any atom is 0.314 e. The summed E-state index contributed by atoms with van der Waals surface area (Å²) in [5.74, 6) is -0.963. The van der Waals surface area contributed by atoms with E-state index in [1.165, 1.54) is 0 Å². The Balaban J connectivity index is 2.64. The number of cyclic esters (lactones) is 1. The number of ether oxygens (including phenoxy) is 2. The molecular weight excluding hydrogens is 326 g/mol. The van der Waals surface area contributed by atoms with E-state index in [9.17, 15) is 4.79 Å². The Bertz CT molecular complexity index is 388. The molecule has 114 valence electrons. The molecule has 1 heterocycles. The third-order valence-electron chi connectivity index (χ3n) is 2.66. The van der Waals surface area contributed by atoms with Crippen molar-refractivity contribution in [2.24, 2.45) is 5.92 Å². The van der Waals surface area contributed by atoms with Gasteiger partial charge >= 0.3 is 5.97 Å². The van der Waals surface area contributed by atoms with E-state index < -0.39 is 34.2 Å². The van der Waals surface area contributed by atoms with E-state index in [2.05, 4.69) is 0 Å². The van der Waals surface area contributed by atoms with Crippen molar-refractivity contribution in [1.82, 2.24) is 0 Å². The van der Waals surface area contributed by atoms with Crippen LogP contribution in [0.25, 0.3) is 0 Å². The lowest BCUT2D eigenvalue weighted by Crippen LogP contribution is -2.46. The topological polar surface area (TPSA) is 55.8 Å². The van der Waals surface area contributed by atoms with E-state index in [1.54, 1.807) is 38.2 Å². The molecule has 0 radical (unpaired) electrons. The summed E-state index contributed by atoms with van der Waals surface area (Å²) in [6.07, 6.45) is 5.36. The SMILES string of the molecule is CC(O)CC=CC=CC1OC(C(Cl)(Cl)Cl)OC(=O)C1C. The maximum atomic E-state index is 11.7. The minimum Gasteiger partial charge on any atom is -0.431 e. The summed E-state index contributed by atoms with van der Waals surface area (Å²) in [6.45, 7) is 3.37. The number of allylic oxidation sites excluding steroid dienone is 2. The highest BCUT2D eigenvalue weighted by Crippen LogP contribution is 2.37. The summed E-state index contributed by atoms with van der Waals surface area (Å²) in [6, 6.07) is 0. The highest BCUT2D eigenvalue weighted by atomic mass is 35.6. The molecule has 0 aromatic heterocycles. The first kappa shape index (κ1) is 17.8. The predicted octanol–water partition coefficient (Wildman–Crippen LogP) is 3.14. The predicted molar refractivity (Wildman–Crippen MR) is 78.8 cm³/mol. The summed E-state index contributed by atoms with van der Waals surface area (Å²) in [7, 11) is 0. The fraction of sp³-hybridized carbons (Fsp3) is 0.615. The number of carbonyl (C=O) groups excluding carboxylic acids is 1. The molecule has 1 N–H and O–H groups in total. The van der Waals surface area contributed by atoms with Gasteiger partial charge in [0.2, 0.25) is 0 Å². The summed E-state index contributed by atoms with van der Waals surface area (Å²) >= 11 is 17.0. The zero-order chi connectivity index (χ0) is 15.3. The molecule has 0 aromatic carbocycles. The molecule has 1 rings (SSSR count). The first-order valence-electron chi connectivity index (χ1n) is 6.16. The van der Waals surface area contributed by atoms with Gasteiger partial charge in [0.25, 0.3) is 10.1 Å². The standard InChI is InChI=1S/C13H17Cl3O4/c1-8(17)6-4-3-5-7-10-9(2)11(18)20-12(19-10)13(14,15)16/h3-5,7-10,12,17H,6H2,1-2H3. The van der Waals surface area contributed by atoms with Crippen LogP contribution >= 0.6 is 34.8 Å². The number of hydrogen-bond acceptors (Lipinski definition) is 4. The molecule has 1 fully saturated rings. The number of rotatable bonds is 4. The van der Waals surface area contributed by atoms with Crippen molar-refractivity contribution >= 4 is 40.8 Å². The van der Waals surface area contributed by atoms with Crippen LogP contribution in [0.2, 0.25) is 0 Å². The highest BCUT2D eigenvalue weighted by Gasteiger charge is 2.45. The minimum atomic E-state index is -1.83. The smallest absolute Gasteiger partial charge is 0.314 e. The first-order valence-corrected chi connectivity index (χ1v) is 7.29. The quantitative estimate of drug-likeness (QED) is 0.484. The van der Waals surface area contributed by atoms with Crippen molar-refractivity contribution < 1.29 is 19.4 Å². The van der Waals surface area contributed by atoms with Gasteiger partial charge in [-0.1, -0.05) is 59.1 Å². The second-order valence-corrected chi connectivity index (χ2v) is 6.97. The van der Waals surface area contributed by atoms with Crippen LogP contribution in [-0.2, 0) is 14.3 Å². The van der Waals surface area contributed by atoms with Crippen LogP contribution in [0.1, 0.15) is 20.3 Å². The van der Waals surface area contributed by atoms with Crippen molar-refractivity contribution in [2.75, 3.05) is 0 Å². The Kier molecular flexibility index (Phi) is 6.82. The Labute approximate surface area is 133 Å². The highest BCUT2D eigenvalue weighted by molar-refractivity contribution is 6.68. The van der Waals surface area contributed by atoms with Crippen LogP contribution in [0.15, 0.2) is 24.3 Å². The van der Waals surface area contributed by atoms with E-state index in [-0.39, 0.29) is 0 Å². The zero-order valence-electron chi connectivity index (χ0n) is 11.1. The fourth-order valence-corrected chi connectivity index (χ4v) is 1.81. The minimum absolute atomic E-state index is 0.395. The second kappa shape index (κ2) is 7.66. The van der Waals surface area contributed by atoms with Gasteiger partial charge in [-0.3, -0.25) is 4.79 Å². The van der Waals surface area contributed by atoms with Gasteiger partial charge in [0.1, 0.15) is 0 Å². The molecule has 4 nitrogen and oxygen atoms in total. The van der Waals surface area contributed by atoms with Gasteiger partial charge in [-0.2, -0.15) is 0 Å². The Morgan fingerprint density at radius 3 is 2.60 bits per heavy atom. The average Bonchev–Trinajstić information content (AvgIpc) is 2.31. The molecule has 0 bridgehead atoms. The number of halogens is 3. The van der Waals surface area contributed by atoms with Gasteiger partial charge in [-0.05, 0) is 20.3 Å². The number of aliphatic hydroxyl groups excluding tert-OH is 1. The molecule has 0 saturated carbocycles. The van der Waals surface area contributed by atoms with Crippen molar-refractivity contribution in [2.45, 2.75) is 42.6 Å². The van der Waals surface area contributed by atoms with Crippen molar-refractivity contribution in [3.63, 3.8) is 0 Å². The van der Waals surface area contributed by atoms with Crippen LogP contribution in [0.3, 0.4) is 0 Å². The lowest BCUT2D eigenvalue weighted by Gasteiger charge is -2.35. The monoisotopic (exact) mass is 342 g/mol. The molecule has 0 aromatic rings. The normalized spacial score (nSPS) is 29.9. The van der Waals surface area contributed by atoms with Crippen LogP contribution in [0, 0.1) is 5.92 Å². The summed E-state index contributed by atoms with van der Waals surface area (Å²) in [5.41, 5.74) is 0. The van der Waals surface area contributed by atoms with Gasteiger partial charge < -0.3 is 14.6 Å². The number of aliphatic hydroxyl groups is 1. The largest absolute Gasteiger partial charge is 0.431 e. The molecule has 0 amide bonds. The Hall–Kier alpha value is -0.260. The third-order valence-corrected chi connectivity index (χ3v) is 3.20. The third kappa shape index (κ3) is 5.62. The van der Waals surface area contributed by atoms with Crippen molar-refractivity contribution in [1.29, 1.82) is 0 Å².